The van der Waals surface area contributed by atoms with Crippen LogP contribution in [-0.2, 0) is 10.0 Å². The van der Waals surface area contributed by atoms with Crippen LogP contribution >= 0.6 is 0 Å². The zero-order valence-electron chi connectivity index (χ0n) is 22.9. The first-order valence-electron chi connectivity index (χ1n) is 13.5. The van der Waals surface area contributed by atoms with Gasteiger partial charge in [0.05, 0.1) is 17.6 Å². The van der Waals surface area contributed by atoms with E-state index in [9.17, 15) is 13.2 Å². The highest BCUT2D eigenvalue weighted by Gasteiger charge is 2.27. The van der Waals surface area contributed by atoms with Gasteiger partial charge in [0.25, 0.3) is 0 Å². The summed E-state index contributed by atoms with van der Waals surface area (Å²) in [6, 6.07) is 16.4. The van der Waals surface area contributed by atoms with E-state index in [0.29, 0.717) is 29.2 Å². The molecular weight excluding hydrogens is 529 g/mol. The molecular formula is C30H34FN5O3S. The first-order chi connectivity index (χ1) is 19.1. The van der Waals surface area contributed by atoms with Gasteiger partial charge in [-0.2, -0.15) is 0 Å². The van der Waals surface area contributed by atoms with Gasteiger partial charge in [0.2, 0.25) is 15.9 Å². The first-order valence-corrected chi connectivity index (χ1v) is 15.4. The molecule has 1 aliphatic carbocycles. The molecule has 1 fully saturated rings. The summed E-state index contributed by atoms with van der Waals surface area (Å²) in [6.07, 6.45) is 8.03. The van der Waals surface area contributed by atoms with Crippen LogP contribution in [0.4, 0.5) is 10.2 Å². The molecule has 5 rings (SSSR count). The Bertz CT molecular complexity index is 1620. The number of hydrogen-bond acceptors (Lipinski definition) is 6. The SMILES string of the molecule is CC(C(=O)n1ccc2c(N(C)C3CCC(CNS(C)(=O)=O)CC3)ncnc21)c1ccc(-c2ccccc2)c(F)c1. The van der Waals surface area contributed by atoms with Crippen LogP contribution < -0.4 is 9.62 Å². The summed E-state index contributed by atoms with van der Waals surface area (Å²) in [5.41, 5.74) is 2.39. The maximum absolute atomic E-state index is 15.0. The predicted octanol–water partition coefficient (Wildman–Crippen LogP) is 5.23. The van der Waals surface area contributed by atoms with Crippen LogP contribution in [0.2, 0.25) is 0 Å². The third-order valence-electron chi connectivity index (χ3n) is 7.98. The second kappa shape index (κ2) is 11.5. The van der Waals surface area contributed by atoms with Gasteiger partial charge in [0.1, 0.15) is 18.0 Å². The van der Waals surface area contributed by atoms with E-state index in [0.717, 1.165) is 42.5 Å². The molecule has 0 aliphatic heterocycles. The molecule has 0 saturated heterocycles. The standard InChI is InChI=1S/C30H34FN5O3S/c1-20(23-11-14-25(27(31)17-23)22-7-5-4-6-8-22)30(37)36-16-15-26-28(32-19-33-29(26)36)35(2)24-12-9-21(10-13-24)18-34-40(3,38)39/h4-8,11,14-17,19-21,24,34H,9-10,12-13,18H2,1-3H3. The molecule has 210 valence electrons. The average molecular weight is 564 g/mol. The highest BCUT2D eigenvalue weighted by molar-refractivity contribution is 7.88. The fraction of sp³-hybridized carbons (Fsp3) is 0.367. The number of nitrogens with zero attached hydrogens (tertiary/aromatic N) is 4. The second-order valence-corrected chi connectivity index (χ2v) is 12.5. The summed E-state index contributed by atoms with van der Waals surface area (Å²) in [7, 11) is -1.19. The van der Waals surface area contributed by atoms with Gasteiger partial charge in [-0.25, -0.2) is 27.5 Å². The van der Waals surface area contributed by atoms with Gasteiger partial charge in [0.15, 0.2) is 5.65 Å². The van der Waals surface area contributed by atoms with E-state index in [1.165, 1.54) is 23.2 Å². The van der Waals surface area contributed by atoms with E-state index in [4.69, 9.17) is 0 Å². The number of anilines is 1. The minimum absolute atomic E-state index is 0.201. The topological polar surface area (TPSA) is 97.2 Å². The summed E-state index contributed by atoms with van der Waals surface area (Å²) in [4.78, 5) is 24.7. The number of benzene rings is 2. The summed E-state index contributed by atoms with van der Waals surface area (Å²) in [5, 5.41) is 0.775. The normalized spacial score (nSPS) is 18.5. The molecule has 1 N–H and O–H groups in total. The van der Waals surface area contributed by atoms with Crippen LogP contribution in [0.1, 0.15) is 48.9 Å². The van der Waals surface area contributed by atoms with E-state index >= 15 is 4.39 Å². The molecule has 2 aromatic heterocycles. The fourth-order valence-corrected chi connectivity index (χ4v) is 6.12. The minimum Gasteiger partial charge on any atom is -0.356 e. The predicted molar refractivity (Wildman–Crippen MR) is 155 cm³/mol. The fourth-order valence-electron chi connectivity index (χ4n) is 5.58. The zero-order chi connectivity index (χ0) is 28.4. The monoisotopic (exact) mass is 563 g/mol. The number of hydrogen-bond donors (Lipinski definition) is 1. The highest BCUT2D eigenvalue weighted by Crippen LogP contribution is 2.33. The van der Waals surface area contributed by atoms with Crippen LogP contribution in [0.5, 0.6) is 0 Å². The summed E-state index contributed by atoms with van der Waals surface area (Å²) in [6.45, 7) is 2.24. The van der Waals surface area contributed by atoms with Gasteiger partial charge in [-0.05, 0) is 61.8 Å². The number of carbonyl (C=O) groups excluding carboxylic acids is 1. The number of fused-ring (bicyclic) bond motifs is 1. The van der Waals surface area contributed by atoms with Crippen molar-refractivity contribution in [2.45, 2.75) is 44.6 Å². The van der Waals surface area contributed by atoms with Gasteiger partial charge in [0, 0.05) is 31.4 Å². The average Bonchev–Trinajstić information content (AvgIpc) is 3.39. The summed E-state index contributed by atoms with van der Waals surface area (Å²) in [5.74, 6) is -0.0829. The molecule has 4 aromatic rings. The molecule has 2 aromatic carbocycles. The molecule has 2 heterocycles. The lowest BCUT2D eigenvalue weighted by molar-refractivity contribution is 0.0889. The van der Waals surface area contributed by atoms with Crippen LogP contribution in [0.25, 0.3) is 22.2 Å². The molecule has 1 unspecified atom stereocenters. The highest BCUT2D eigenvalue weighted by atomic mass is 32.2. The Labute approximate surface area is 234 Å². The van der Waals surface area contributed by atoms with Gasteiger partial charge in [-0.1, -0.05) is 42.5 Å². The molecule has 0 bridgehead atoms. The van der Waals surface area contributed by atoms with Crippen molar-refractivity contribution in [2.75, 3.05) is 24.7 Å². The lowest BCUT2D eigenvalue weighted by Gasteiger charge is -2.35. The Kier molecular flexibility index (Phi) is 8.00. The lowest BCUT2D eigenvalue weighted by Crippen LogP contribution is -2.38. The van der Waals surface area contributed by atoms with Crippen molar-refractivity contribution in [3.8, 4) is 11.1 Å². The summed E-state index contributed by atoms with van der Waals surface area (Å²) < 4.78 is 42.0. The van der Waals surface area contributed by atoms with E-state index in [1.54, 1.807) is 25.3 Å². The molecule has 1 saturated carbocycles. The maximum Gasteiger partial charge on any atom is 0.239 e. The zero-order valence-corrected chi connectivity index (χ0v) is 23.7. The number of rotatable bonds is 8. The lowest BCUT2D eigenvalue weighted by atomic mass is 9.85. The van der Waals surface area contributed by atoms with Gasteiger partial charge < -0.3 is 4.90 Å². The van der Waals surface area contributed by atoms with Crippen molar-refractivity contribution in [2.24, 2.45) is 5.92 Å². The number of halogens is 1. The smallest absolute Gasteiger partial charge is 0.239 e. The van der Waals surface area contributed by atoms with Crippen LogP contribution in [0.15, 0.2) is 67.1 Å². The third kappa shape index (κ3) is 5.93. The van der Waals surface area contributed by atoms with Crippen molar-refractivity contribution < 1.29 is 17.6 Å². The van der Waals surface area contributed by atoms with E-state index in [1.807, 2.05) is 43.4 Å². The van der Waals surface area contributed by atoms with Crippen molar-refractivity contribution >= 4 is 32.8 Å². The molecule has 0 radical (unpaired) electrons. The van der Waals surface area contributed by atoms with Crippen LogP contribution in [0.3, 0.4) is 0 Å². The number of sulfonamides is 1. The number of carbonyl (C=O) groups is 1. The molecule has 1 atom stereocenters. The Hall–Kier alpha value is -3.63. The molecule has 8 nitrogen and oxygen atoms in total. The van der Waals surface area contributed by atoms with Crippen molar-refractivity contribution in [3.63, 3.8) is 0 Å². The van der Waals surface area contributed by atoms with Crippen LogP contribution in [-0.4, -0.2) is 54.8 Å². The minimum atomic E-state index is -3.19. The number of aromatic nitrogens is 3. The van der Waals surface area contributed by atoms with Gasteiger partial charge >= 0.3 is 0 Å². The Morgan fingerprint density at radius 2 is 1.82 bits per heavy atom. The van der Waals surface area contributed by atoms with E-state index in [-0.39, 0.29) is 17.8 Å². The van der Waals surface area contributed by atoms with Crippen molar-refractivity contribution in [3.05, 3.63) is 78.5 Å². The van der Waals surface area contributed by atoms with Gasteiger partial charge in [-0.15, -0.1) is 0 Å². The first kappa shape index (κ1) is 27.9. The second-order valence-electron chi connectivity index (χ2n) is 10.7. The largest absolute Gasteiger partial charge is 0.356 e. The van der Waals surface area contributed by atoms with Crippen LogP contribution in [0, 0.1) is 11.7 Å². The van der Waals surface area contributed by atoms with Crippen molar-refractivity contribution in [1.29, 1.82) is 0 Å². The molecule has 0 amide bonds. The van der Waals surface area contributed by atoms with E-state index < -0.39 is 15.9 Å². The third-order valence-corrected chi connectivity index (χ3v) is 8.67. The Morgan fingerprint density at radius 1 is 1.10 bits per heavy atom. The Morgan fingerprint density at radius 3 is 2.50 bits per heavy atom. The molecule has 1 aliphatic rings. The van der Waals surface area contributed by atoms with Gasteiger partial charge in [-0.3, -0.25) is 9.36 Å². The Balaban J connectivity index is 1.32. The molecule has 10 heteroatoms. The molecule has 0 spiro atoms. The summed E-state index contributed by atoms with van der Waals surface area (Å²) >= 11 is 0. The maximum atomic E-state index is 15.0. The quantitative estimate of drug-likeness (QED) is 0.316. The van der Waals surface area contributed by atoms with E-state index in [2.05, 4.69) is 19.6 Å². The number of nitrogens with one attached hydrogen (secondary N) is 1. The molecule has 40 heavy (non-hydrogen) atoms. The van der Waals surface area contributed by atoms with Crippen molar-refractivity contribution in [1.82, 2.24) is 19.3 Å².